The zero-order valence-electron chi connectivity index (χ0n) is 14.4. The van der Waals surface area contributed by atoms with Gasteiger partial charge in [-0.2, -0.15) is 0 Å². The van der Waals surface area contributed by atoms with Gasteiger partial charge in [0, 0.05) is 26.2 Å². The van der Waals surface area contributed by atoms with Gasteiger partial charge in [0.15, 0.2) is 0 Å². The number of ether oxygens (including phenoxy) is 1. The van der Waals surface area contributed by atoms with E-state index in [4.69, 9.17) is 4.74 Å². The number of methoxy groups -OCH3 is 1. The van der Waals surface area contributed by atoms with Gasteiger partial charge in [0.25, 0.3) is 0 Å². The molecule has 1 N–H and O–H groups in total. The molecule has 0 bridgehead atoms. The van der Waals surface area contributed by atoms with E-state index in [2.05, 4.69) is 41.8 Å². The molecule has 1 aliphatic rings. The van der Waals surface area contributed by atoms with E-state index in [0.29, 0.717) is 13.1 Å². The van der Waals surface area contributed by atoms with Gasteiger partial charge in [-0.3, -0.25) is 14.6 Å². The van der Waals surface area contributed by atoms with E-state index < -0.39 is 6.10 Å². The third-order valence-electron chi connectivity index (χ3n) is 4.32. The molecule has 1 atom stereocenters. The van der Waals surface area contributed by atoms with E-state index in [1.807, 2.05) is 0 Å². The van der Waals surface area contributed by atoms with Crippen LogP contribution in [0.4, 0.5) is 0 Å². The average Bonchev–Trinajstić information content (AvgIpc) is 2.71. The second-order valence-corrected chi connectivity index (χ2v) is 6.44. The predicted octanol–water partition coefficient (Wildman–Crippen LogP) is 1.52. The van der Waals surface area contributed by atoms with E-state index in [9.17, 15) is 9.90 Å². The molecule has 1 fully saturated rings. The van der Waals surface area contributed by atoms with Crippen molar-refractivity contribution in [1.82, 2.24) is 9.80 Å². The highest BCUT2D eigenvalue weighted by molar-refractivity contribution is 5.71. The van der Waals surface area contributed by atoms with E-state index in [-0.39, 0.29) is 5.97 Å². The van der Waals surface area contributed by atoms with Gasteiger partial charge in [-0.25, -0.2) is 0 Å². The minimum absolute atomic E-state index is 0.186. The third kappa shape index (κ3) is 5.61. The van der Waals surface area contributed by atoms with Crippen LogP contribution in [0.1, 0.15) is 29.2 Å². The highest BCUT2D eigenvalue weighted by atomic mass is 16.5. The van der Waals surface area contributed by atoms with E-state index >= 15 is 0 Å². The van der Waals surface area contributed by atoms with Crippen molar-refractivity contribution in [3.63, 3.8) is 0 Å². The fraction of sp³-hybridized carbons (Fsp3) is 0.611. The molecule has 1 heterocycles. The molecule has 23 heavy (non-hydrogen) atoms. The second kappa shape index (κ2) is 8.43. The highest BCUT2D eigenvalue weighted by Crippen LogP contribution is 2.18. The lowest BCUT2D eigenvalue weighted by atomic mass is 10.0. The Morgan fingerprint density at radius 3 is 2.39 bits per heavy atom. The average molecular weight is 320 g/mol. The number of aryl methyl sites for hydroxylation is 2. The number of aliphatic hydroxyl groups excluding tert-OH is 1. The Bertz CT molecular complexity index is 513. The molecule has 0 spiro atoms. The lowest BCUT2D eigenvalue weighted by molar-refractivity contribution is -0.141. The molecule has 5 heteroatoms. The van der Waals surface area contributed by atoms with Crippen molar-refractivity contribution in [2.75, 3.05) is 46.4 Å². The lowest BCUT2D eigenvalue weighted by Crippen LogP contribution is -2.35. The number of esters is 1. The molecular weight excluding hydrogens is 292 g/mol. The summed E-state index contributed by atoms with van der Waals surface area (Å²) in [7, 11) is 1.42. The molecule has 1 aromatic carbocycles. The standard InChI is InChI=1S/C18H28N2O3/c1-14-9-15(2)11-16(10-14)17(21)12-19-5-4-6-20(8-7-19)13-18(22)23-3/h9-11,17,21H,4-8,12-13H2,1-3H3. The van der Waals surface area contributed by atoms with Crippen LogP contribution >= 0.6 is 0 Å². The Hall–Kier alpha value is -1.43. The maximum absolute atomic E-state index is 11.4. The summed E-state index contributed by atoms with van der Waals surface area (Å²) in [6, 6.07) is 6.23. The van der Waals surface area contributed by atoms with Gasteiger partial charge in [-0.1, -0.05) is 29.3 Å². The summed E-state index contributed by atoms with van der Waals surface area (Å²) in [6.07, 6.45) is 0.525. The van der Waals surface area contributed by atoms with Crippen LogP contribution in [0.3, 0.4) is 0 Å². The van der Waals surface area contributed by atoms with Crippen LogP contribution < -0.4 is 0 Å². The van der Waals surface area contributed by atoms with Gasteiger partial charge in [0.1, 0.15) is 0 Å². The van der Waals surface area contributed by atoms with Gasteiger partial charge in [0.2, 0.25) is 0 Å². The maximum Gasteiger partial charge on any atom is 0.319 e. The Balaban J connectivity index is 1.89. The van der Waals surface area contributed by atoms with Crippen LogP contribution in [0, 0.1) is 13.8 Å². The second-order valence-electron chi connectivity index (χ2n) is 6.44. The number of nitrogens with zero attached hydrogens (tertiary/aromatic N) is 2. The first-order valence-electron chi connectivity index (χ1n) is 8.25. The molecule has 0 aromatic heterocycles. The summed E-state index contributed by atoms with van der Waals surface area (Å²) in [5.74, 6) is -0.186. The SMILES string of the molecule is COC(=O)CN1CCCN(CC(O)c2cc(C)cc(C)c2)CC1. The number of carbonyl (C=O) groups excluding carboxylic acids is 1. The fourth-order valence-electron chi connectivity index (χ4n) is 3.16. The summed E-state index contributed by atoms with van der Waals surface area (Å²) in [5.41, 5.74) is 3.34. The largest absolute Gasteiger partial charge is 0.468 e. The van der Waals surface area contributed by atoms with Crippen LogP contribution in [0.5, 0.6) is 0 Å². The summed E-state index contributed by atoms with van der Waals surface area (Å²) < 4.78 is 4.73. The minimum Gasteiger partial charge on any atom is -0.468 e. The van der Waals surface area contributed by atoms with Gasteiger partial charge >= 0.3 is 5.97 Å². The molecular formula is C18H28N2O3. The van der Waals surface area contributed by atoms with Crippen molar-refractivity contribution in [3.05, 3.63) is 34.9 Å². The van der Waals surface area contributed by atoms with Crippen molar-refractivity contribution >= 4 is 5.97 Å². The van der Waals surface area contributed by atoms with Crippen LogP contribution in [-0.4, -0.2) is 67.3 Å². The zero-order valence-corrected chi connectivity index (χ0v) is 14.4. The first kappa shape index (κ1) is 17.9. The molecule has 128 valence electrons. The van der Waals surface area contributed by atoms with Crippen molar-refractivity contribution < 1.29 is 14.6 Å². The molecule has 2 rings (SSSR count). The smallest absolute Gasteiger partial charge is 0.319 e. The molecule has 0 radical (unpaired) electrons. The van der Waals surface area contributed by atoms with E-state index in [1.54, 1.807) is 0 Å². The zero-order chi connectivity index (χ0) is 16.8. The molecule has 1 aromatic rings. The first-order chi connectivity index (χ1) is 11.0. The van der Waals surface area contributed by atoms with E-state index in [0.717, 1.165) is 38.2 Å². The number of rotatable bonds is 5. The Morgan fingerprint density at radius 2 is 1.74 bits per heavy atom. The lowest BCUT2D eigenvalue weighted by Gasteiger charge is -2.24. The van der Waals surface area contributed by atoms with Gasteiger partial charge in [-0.15, -0.1) is 0 Å². The topological polar surface area (TPSA) is 53.0 Å². The molecule has 0 aliphatic carbocycles. The van der Waals surface area contributed by atoms with Crippen LogP contribution in [0.15, 0.2) is 18.2 Å². The molecule has 5 nitrogen and oxygen atoms in total. The summed E-state index contributed by atoms with van der Waals surface area (Å²) in [6.45, 7) is 8.62. The Labute approximate surface area is 138 Å². The minimum atomic E-state index is -0.472. The predicted molar refractivity (Wildman–Crippen MR) is 90.4 cm³/mol. The van der Waals surface area contributed by atoms with Gasteiger partial charge in [-0.05, 0) is 32.4 Å². The monoisotopic (exact) mass is 320 g/mol. The van der Waals surface area contributed by atoms with Crippen LogP contribution in [0.2, 0.25) is 0 Å². The normalized spacial score (nSPS) is 18.4. The number of benzene rings is 1. The van der Waals surface area contributed by atoms with Crippen molar-refractivity contribution in [1.29, 1.82) is 0 Å². The summed E-state index contributed by atoms with van der Waals surface area (Å²) >= 11 is 0. The van der Waals surface area contributed by atoms with Crippen LogP contribution in [0.25, 0.3) is 0 Å². The number of β-amino-alcohol motifs (C(OH)–C–C–N with tert-alkyl or cyclic N) is 1. The first-order valence-corrected chi connectivity index (χ1v) is 8.25. The number of hydrogen-bond donors (Lipinski definition) is 1. The molecule has 0 saturated carbocycles. The summed E-state index contributed by atoms with van der Waals surface area (Å²) in [5, 5.41) is 10.5. The Morgan fingerprint density at radius 1 is 1.13 bits per heavy atom. The van der Waals surface area contributed by atoms with Crippen LogP contribution in [-0.2, 0) is 9.53 Å². The van der Waals surface area contributed by atoms with Crippen molar-refractivity contribution in [2.24, 2.45) is 0 Å². The van der Waals surface area contributed by atoms with Crippen molar-refractivity contribution in [3.8, 4) is 0 Å². The highest BCUT2D eigenvalue weighted by Gasteiger charge is 2.20. The number of hydrogen-bond acceptors (Lipinski definition) is 5. The maximum atomic E-state index is 11.4. The van der Waals surface area contributed by atoms with Crippen molar-refractivity contribution in [2.45, 2.75) is 26.4 Å². The molecule has 1 unspecified atom stereocenters. The third-order valence-corrected chi connectivity index (χ3v) is 4.32. The summed E-state index contributed by atoms with van der Waals surface area (Å²) in [4.78, 5) is 15.8. The Kier molecular flexibility index (Phi) is 6.57. The fourth-order valence-corrected chi connectivity index (χ4v) is 3.16. The van der Waals surface area contributed by atoms with Gasteiger partial charge in [0.05, 0.1) is 19.8 Å². The van der Waals surface area contributed by atoms with E-state index in [1.165, 1.54) is 18.2 Å². The molecule has 0 amide bonds. The number of carbonyl (C=O) groups is 1. The van der Waals surface area contributed by atoms with Gasteiger partial charge < -0.3 is 9.84 Å². The number of aliphatic hydroxyl groups is 1. The molecule has 1 aliphatic heterocycles. The quantitative estimate of drug-likeness (QED) is 0.834. The molecule has 1 saturated heterocycles.